The van der Waals surface area contributed by atoms with Gasteiger partial charge in [0.25, 0.3) is 0 Å². The van der Waals surface area contributed by atoms with Crippen molar-refractivity contribution in [3.8, 4) is 0 Å². The van der Waals surface area contributed by atoms with Crippen molar-refractivity contribution >= 4 is 23.3 Å². The predicted octanol–water partition coefficient (Wildman–Crippen LogP) is 3.27. The molecule has 3 nitrogen and oxygen atoms in total. The van der Waals surface area contributed by atoms with Crippen LogP contribution >= 0.6 is 11.6 Å². The van der Waals surface area contributed by atoms with Crippen LogP contribution in [-0.2, 0) is 0 Å². The molecule has 0 atom stereocenters. The lowest BCUT2D eigenvalue weighted by Crippen LogP contribution is -2.29. The third-order valence-corrected chi connectivity index (χ3v) is 3.69. The molecule has 0 radical (unpaired) electrons. The molecule has 0 amide bonds. The van der Waals surface area contributed by atoms with Gasteiger partial charge >= 0.3 is 5.97 Å². The number of hydrogen-bond donors (Lipinski definition) is 1. The molecule has 0 bridgehead atoms. The van der Waals surface area contributed by atoms with Crippen LogP contribution in [0.3, 0.4) is 0 Å². The van der Waals surface area contributed by atoms with Gasteiger partial charge in [0, 0.05) is 19.3 Å². The topological polar surface area (TPSA) is 40.5 Å². The van der Waals surface area contributed by atoms with E-state index in [1.807, 2.05) is 13.1 Å². The van der Waals surface area contributed by atoms with Crippen molar-refractivity contribution in [2.45, 2.75) is 19.3 Å². The zero-order chi connectivity index (χ0) is 12.4. The van der Waals surface area contributed by atoms with Crippen LogP contribution in [0.1, 0.15) is 29.6 Å². The van der Waals surface area contributed by atoms with E-state index < -0.39 is 5.97 Å². The monoisotopic (exact) mass is 253 g/mol. The average molecular weight is 254 g/mol. The van der Waals surface area contributed by atoms with Crippen LogP contribution in [-0.4, -0.2) is 24.7 Å². The summed E-state index contributed by atoms with van der Waals surface area (Å²) in [6, 6.07) is 5.11. The minimum absolute atomic E-state index is 0.160. The molecule has 17 heavy (non-hydrogen) atoms. The van der Waals surface area contributed by atoms with Gasteiger partial charge in [-0.05, 0) is 37.0 Å². The molecule has 92 valence electrons. The summed E-state index contributed by atoms with van der Waals surface area (Å²) in [5.74, 6) is -0.207. The first-order valence-electron chi connectivity index (χ1n) is 5.82. The molecule has 1 aliphatic carbocycles. The minimum Gasteiger partial charge on any atom is -0.478 e. The summed E-state index contributed by atoms with van der Waals surface area (Å²) >= 11 is 5.95. The van der Waals surface area contributed by atoms with Gasteiger partial charge in [0.15, 0.2) is 0 Å². The second-order valence-electron chi connectivity index (χ2n) is 4.65. The number of nitrogens with zero attached hydrogens (tertiary/aromatic N) is 1. The van der Waals surface area contributed by atoms with Crippen molar-refractivity contribution in [2.75, 3.05) is 18.5 Å². The predicted molar refractivity (Wildman–Crippen MR) is 69.0 cm³/mol. The maximum atomic E-state index is 10.8. The summed E-state index contributed by atoms with van der Waals surface area (Å²) in [5.41, 5.74) is 1.14. The van der Waals surface area contributed by atoms with E-state index in [1.165, 1.54) is 19.3 Å². The smallest absolute Gasteiger partial charge is 0.337 e. The molecular weight excluding hydrogens is 238 g/mol. The number of carboxylic acid groups (broad SMARTS) is 1. The van der Waals surface area contributed by atoms with Crippen LogP contribution < -0.4 is 4.90 Å². The van der Waals surface area contributed by atoms with Gasteiger partial charge in [-0.1, -0.05) is 18.0 Å². The molecule has 1 N–H and O–H groups in total. The van der Waals surface area contributed by atoms with Gasteiger partial charge in [-0.15, -0.1) is 0 Å². The zero-order valence-corrected chi connectivity index (χ0v) is 10.6. The Morgan fingerprint density at radius 2 is 2.24 bits per heavy atom. The molecule has 1 aromatic carbocycles. The van der Waals surface area contributed by atoms with Crippen LogP contribution in [0.15, 0.2) is 18.2 Å². The number of rotatable bonds is 4. The third-order valence-electron chi connectivity index (χ3n) is 3.38. The highest BCUT2D eigenvalue weighted by Crippen LogP contribution is 2.29. The molecule has 1 saturated carbocycles. The van der Waals surface area contributed by atoms with Crippen LogP contribution in [0.4, 0.5) is 5.69 Å². The first kappa shape index (κ1) is 12.2. The Labute approximate surface area is 106 Å². The second-order valence-corrected chi connectivity index (χ2v) is 5.05. The average Bonchev–Trinajstić information content (AvgIpc) is 2.22. The van der Waals surface area contributed by atoms with Gasteiger partial charge < -0.3 is 10.0 Å². The SMILES string of the molecule is CN(CC1CCC1)c1ccc(C(=O)O)c(Cl)c1. The highest BCUT2D eigenvalue weighted by Gasteiger charge is 2.19. The number of carbonyl (C=O) groups is 1. The zero-order valence-electron chi connectivity index (χ0n) is 9.82. The van der Waals surface area contributed by atoms with Crippen molar-refractivity contribution in [3.63, 3.8) is 0 Å². The second kappa shape index (κ2) is 4.96. The van der Waals surface area contributed by atoms with E-state index in [-0.39, 0.29) is 5.56 Å². The Balaban J connectivity index is 2.10. The molecule has 0 heterocycles. The maximum Gasteiger partial charge on any atom is 0.337 e. The fraction of sp³-hybridized carbons (Fsp3) is 0.462. The quantitative estimate of drug-likeness (QED) is 0.895. The number of anilines is 1. The largest absolute Gasteiger partial charge is 0.478 e. The Morgan fingerprint density at radius 3 is 2.71 bits per heavy atom. The van der Waals surface area contributed by atoms with Crippen molar-refractivity contribution in [1.29, 1.82) is 0 Å². The molecule has 0 saturated heterocycles. The van der Waals surface area contributed by atoms with E-state index in [0.29, 0.717) is 5.02 Å². The minimum atomic E-state index is -0.983. The van der Waals surface area contributed by atoms with Gasteiger partial charge in [0.05, 0.1) is 10.6 Å². The Hall–Kier alpha value is -1.22. The molecule has 0 spiro atoms. The van der Waals surface area contributed by atoms with Crippen LogP contribution in [0.2, 0.25) is 5.02 Å². The number of halogens is 1. The fourth-order valence-electron chi connectivity index (χ4n) is 2.08. The first-order chi connectivity index (χ1) is 8.08. The maximum absolute atomic E-state index is 10.8. The van der Waals surface area contributed by atoms with Crippen molar-refractivity contribution in [3.05, 3.63) is 28.8 Å². The van der Waals surface area contributed by atoms with Gasteiger partial charge in [0.2, 0.25) is 0 Å². The summed E-state index contributed by atoms with van der Waals surface area (Å²) in [7, 11) is 2.02. The highest BCUT2D eigenvalue weighted by atomic mass is 35.5. The molecule has 4 heteroatoms. The van der Waals surface area contributed by atoms with Gasteiger partial charge in [-0.25, -0.2) is 4.79 Å². The lowest BCUT2D eigenvalue weighted by atomic mass is 9.85. The molecule has 1 aromatic rings. The van der Waals surface area contributed by atoms with E-state index in [0.717, 1.165) is 18.2 Å². The summed E-state index contributed by atoms with van der Waals surface area (Å²) in [6.07, 6.45) is 3.92. The van der Waals surface area contributed by atoms with Crippen molar-refractivity contribution in [2.24, 2.45) is 5.92 Å². The van der Waals surface area contributed by atoms with E-state index >= 15 is 0 Å². The van der Waals surface area contributed by atoms with E-state index in [4.69, 9.17) is 16.7 Å². The summed E-state index contributed by atoms with van der Waals surface area (Å²) in [6.45, 7) is 1.02. The number of benzene rings is 1. The highest BCUT2D eigenvalue weighted by molar-refractivity contribution is 6.33. The lowest BCUT2D eigenvalue weighted by molar-refractivity contribution is 0.0697. The number of carboxylic acids is 1. The standard InChI is InChI=1S/C13H16ClNO2/c1-15(8-9-3-2-4-9)10-5-6-11(13(16)17)12(14)7-10/h5-7,9H,2-4,8H2,1H3,(H,16,17). The van der Waals surface area contributed by atoms with E-state index in [2.05, 4.69) is 4.90 Å². The van der Waals surface area contributed by atoms with Crippen molar-refractivity contribution in [1.82, 2.24) is 0 Å². The van der Waals surface area contributed by atoms with E-state index in [9.17, 15) is 4.79 Å². The Bertz CT molecular complexity index is 429. The Morgan fingerprint density at radius 1 is 1.53 bits per heavy atom. The van der Waals surface area contributed by atoms with E-state index in [1.54, 1.807) is 12.1 Å². The lowest BCUT2D eigenvalue weighted by Gasteiger charge is -2.31. The molecule has 0 aliphatic heterocycles. The molecule has 1 aliphatic rings. The van der Waals surface area contributed by atoms with Crippen LogP contribution in [0.5, 0.6) is 0 Å². The third kappa shape index (κ3) is 2.72. The molecule has 0 unspecified atom stereocenters. The van der Waals surface area contributed by atoms with Gasteiger partial charge in [0.1, 0.15) is 0 Å². The summed E-state index contributed by atoms with van der Waals surface area (Å²) < 4.78 is 0. The van der Waals surface area contributed by atoms with Gasteiger partial charge in [-0.2, -0.15) is 0 Å². The first-order valence-corrected chi connectivity index (χ1v) is 6.19. The number of aromatic carboxylic acids is 1. The molecular formula is C13H16ClNO2. The van der Waals surface area contributed by atoms with Gasteiger partial charge in [-0.3, -0.25) is 0 Å². The van der Waals surface area contributed by atoms with Crippen molar-refractivity contribution < 1.29 is 9.90 Å². The summed E-state index contributed by atoms with van der Waals surface area (Å²) in [4.78, 5) is 13.0. The normalized spacial score (nSPS) is 15.4. The molecule has 0 aromatic heterocycles. The number of hydrogen-bond acceptors (Lipinski definition) is 2. The Kier molecular flexibility index (Phi) is 3.57. The molecule has 2 rings (SSSR count). The fourth-order valence-corrected chi connectivity index (χ4v) is 2.34. The molecule has 1 fully saturated rings. The summed E-state index contributed by atoms with van der Waals surface area (Å²) in [5, 5.41) is 9.19. The van der Waals surface area contributed by atoms with Crippen LogP contribution in [0, 0.1) is 5.92 Å². The van der Waals surface area contributed by atoms with Crippen LogP contribution in [0.25, 0.3) is 0 Å².